The lowest BCUT2D eigenvalue weighted by atomic mass is 10.1. The number of nitrogens with one attached hydrogen (secondary N) is 1. The van der Waals surface area contributed by atoms with Gasteiger partial charge in [0.25, 0.3) is 0 Å². The smallest absolute Gasteiger partial charge is 0.0897 e. The van der Waals surface area contributed by atoms with Crippen LogP contribution >= 0.6 is 11.8 Å². The van der Waals surface area contributed by atoms with Crippen molar-refractivity contribution in [2.75, 3.05) is 26.8 Å². The molecule has 0 saturated carbocycles. The van der Waals surface area contributed by atoms with E-state index in [1.807, 2.05) is 11.8 Å². The molecule has 0 aromatic heterocycles. The van der Waals surface area contributed by atoms with Crippen LogP contribution < -0.4 is 5.32 Å². The molecule has 1 aromatic carbocycles. The van der Waals surface area contributed by atoms with E-state index < -0.39 is 6.10 Å². The van der Waals surface area contributed by atoms with Gasteiger partial charge in [-0.1, -0.05) is 18.2 Å². The molecule has 0 amide bonds. The van der Waals surface area contributed by atoms with Gasteiger partial charge in [-0.2, -0.15) is 0 Å². The lowest BCUT2D eigenvalue weighted by Gasteiger charge is -2.13. The first-order valence-corrected chi connectivity index (χ1v) is 6.80. The number of rotatable bonds is 6. The van der Waals surface area contributed by atoms with E-state index in [4.69, 9.17) is 4.74 Å². The molecule has 2 unspecified atom stereocenters. The third-order valence-corrected chi connectivity index (χ3v) is 4.14. The van der Waals surface area contributed by atoms with Gasteiger partial charge in [-0.15, -0.1) is 11.8 Å². The zero-order chi connectivity index (χ0) is 12.1. The molecule has 0 aliphatic carbocycles. The molecule has 0 bridgehead atoms. The van der Waals surface area contributed by atoms with Crippen LogP contribution in [-0.2, 0) is 11.2 Å². The molecule has 1 heterocycles. The summed E-state index contributed by atoms with van der Waals surface area (Å²) in [7, 11) is 1.60. The Hall–Kier alpha value is -0.550. The largest absolute Gasteiger partial charge is 0.389 e. The molecule has 2 rings (SSSR count). The van der Waals surface area contributed by atoms with Crippen molar-refractivity contribution in [1.82, 2.24) is 5.32 Å². The Kier molecular flexibility index (Phi) is 4.86. The van der Waals surface area contributed by atoms with E-state index in [9.17, 15) is 5.11 Å². The molecule has 0 spiro atoms. The third-order valence-electron chi connectivity index (χ3n) is 2.82. The van der Waals surface area contributed by atoms with Crippen LogP contribution in [0.1, 0.15) is 5.56 Å². The average molecular weight is 253 g/mol. The Morgan fingerprint density at radius 1 is 1.53 bits per heavy atom. The van der Waals surface area contributed by atoms with Crippen molar-refractivity contribution in [3.05, 3.63) is 29.8 Å². The second kappa shape index (κ2) is 6.40. The fraction of sp³-hybridized carbons (Fsp3) is 0.538. The van der Waals surface area contributed by atoms with Gasteiger partial charge in [-0.25, -0.2) is 0 Å². The van der Waals surface area contributed by atoms with E-state index in [2.05, 4.69) is 29.6 Å². The van der Waals surface area contributed by atoms with Crippen molar-refractivity contribution in [1.29, 1.82) is 0 Å². The Labute approximate surface area is 107 Å². The van der Waals surface area contributed by atoms with Crippen LogP contribution in [0.25, 0.3) is 0 Å². The Balaban J connectivity index is 1.70. The van der Waals surface area contributed by atoms with Crippen molar-refractivity contribution in [2.24, 2.45) is 0 Å². The number of hydrogen-bond donors (Lipinski definition) is 2. The average Bonchev–Trinajstić information content (AvgIpc) is 2.71. The lowest BCUT2D eigenvalue weighted by molar-refractivity contribution is 0.0647. The number of fused-ring (bicyclic) bond motifs is 1. The number of benzene rings is 1. The number of methoxy groups -OCH3 is 1. The van der Waals surface area contributed by atoms with E-state index in [0.29, 0.717) is 18.4 Å². The molecule has 1 aromatic rings. The van der Waals surface area contributed by atoms with Crippen LogP contribution in [0.5, 0.6) is 0 Å². The molecule has 17 heavy (non-hydrogen) atoms. The summed E-state index contributed by atoms with van der Waals surface area (Å²) in [6.07, 6.45) is 0.711. The molecule has 0 radical (unpaired) electrons. The lowest BCUT2D eigenvalue weighted by Crippen LogP contribution is -2.34. The molecule has 2 atom stereocenters. The minimum Gasteiger partial charge on any atom is -0.389 e. The van der Waals surface area contributed by atoms with Crippen LogP contribution in [-0.4, -0.2) is 43.3 Å². The van der Waals surface area contributed by atoms with Crippen LogP contribution in [0.2, 0.25) is 0 Å². The number of aliphatic hydroxyl groups excluding tert-OH is 1. The van der Waals surface area contributed by atoms with E-state index in [0.717, 1.165) is 13.0 Å². The number of hydrogen-bond acceptors (Lipinski definition) is 4. The monoisotopic (exact) mass is 253 g/mol. The third kappa shape index (κ3) is 3.71. The van der Waals surface area contributed by atoms with Crippen molar-refractivity contribution < 1.29 is 9.84 Å². The summed E-state index contributed by atoms with van der Waals surface area (Å²) < 4.78 is 4.88. The van der Waals surface area contributed by atoms with Crippen LogP contribution in [0.15, 0.2) is 29.2 Å². The Morgan fingerprint density at radius 3 is 3.12 bits per heavy atom. The Morgan fingerprint density at radius 2 is 2.35 bits per heavy atom. The topological polar surface area (TPSA) is 41.5 Å². The first-order chi connectivity index (χ1) is 8.29. The van der Waals surface area contributed by atoms with Crippen LogP contribution in [0.3, 0.4) is 0 Å². The summed E-state index contributed by atoms with van der Waals surface area (Å²) in [5.74, 6) is 0. The highest BCUT2D eigenvalue weighted by Crippen LogP contribution is 2.36. The van der Waals surface area contributed by atoms with Gasteiger partial charge in [0.2, 0.25) is 0 Å². The minimum atomic E-state index is -0.409. The summed E-state index contributed by atoms with van der Waals surface area (Å²) in [6, 6.07) is 8.56. The van der Waals surface area contributed by atoms with Gasteiger partial charge in [-0.05, 0) is 18.1 Å². The van der Waals surface area contributed by atoms with E-state index in [1.165, 1.54) is 10.5 Å². The first-order valence-electron chi connectivity index (χ1n) is 5.92. The van der Waals surface area contributed by atoms with Crippen molar-refractivity contribution >= 4 is 11.8 Å². The maximum atomic E-state index is 9.50. The normalized spacial score (nSPS) is 20.2. The predicted molar refractivity (Wildman–Crippen MR) is 70.5 cm³/mol. The molecule has 0 fully saturated rings. The van der Waals surface area contributed by atoms with Crippen molar-refractivity contribution in [3.8, 4) is 0 Å². The zero-order valence-electron chi connectivity index (χ0n) is 10.1. The minimum absolute atomic E-state index is 0.394. The molecule has 4 heteroatoms. The second-order valence-corrected chi connectivity index (χ2v) is 5.66. The molecule has 1 aliphatic heterocycles. The second-order valence-electron chi connectivity index (χ2n) is 4.32. The molecule has 0 saturated heterocycles. The number of aliphatic hydroxyl groups is 1. The number of ether oxygens (including phenoxy) is 1. The van der Waals surface area contributed by atoms with Gasteiger partial charge in [0.15, 0.2) is 0 Å². The van der Waals surface area contributed by atoms with E-state index >= 15 is 0 Å². The molecule has 1 aliphatic rings. The quantitative estimate of drug-likeness (QED) is 0.802. The summed E-state index contributed by atoms with van der Waals surface area (Å²) >= 11 is 1.93. The molecular weight excluding hydrogens is 234 g/mol. The number of thioether (sulfide) groups is 1. The van der Waals surface area contributed by atoms with Crippen molar-refractivity contribution in [2.45, 2.75) is 22.7 Å². The van der Waals surface area contributed by atoms with Gasteiger partial charge in [0.05, 0.1) is 12.7 Å². The molecule has 3 nitrogen and oxygen atoms in total. The van der Waals surface area contributed by atoms with Gasteiger partial charge >= 0.3 is 0 Å². The van der Waals surface area contributed by atoms with Crippen LogP contribution in [0, 0.1) is 0 Å². The maximum Gasteiger partial charge on any atom is 0.0897 e. The summed E-state index contributed by atoms with van der Waals surface area (Å²) in [5, 5.41) is 13.4. The maximum absolute atomic E-state index is 9.50. The SMILES string of the molecule is COCC(O)CNCC1Cc2ccccc2S1. The molecule has 94 valence electrons. The van der Waals surface area contributed by atoms with E-state index in [1.54, 1.807) is 7.11 Å². The predicted octanol–water partition coefficient (Wildman–Crippen LogP) is 1.30. The van der Waals surface area contributed by atoms with Gasteiger partial charge < -0.3 is 15.2 Å². The fourth-order valence-electron chi connectivity index (χ4n) is 2.03. The van der Waals surface area contributed by atoms with E-state index in [-0.39, 0.29) is 0 Å². The molecule has 2 N–H and O–H groups in total. The van der Waals surface area contributed by atoms with Gasteiger partial charge in [-0.3, -0.25) is 0 Å². The highest BCUT2D eigenvalue weighted by molar-refractivity contribution is 8.00. The fourth-order valence-corrected chi connectivity index (χ4v) is 3.31. The zero-order valence-corrected chi connectivity index (χ0v) is 10.9. The molecular formula is C13H19NO2S. The summed E-state index contributed by atoms with van der Waals surface area (Å²) in [4.78, 5) is 1.40. The van der Waals surface area contributed by atoms with Crippen LogP contribution in [0.4, 0.5) is 0 Å². The van der Waals surface area contributed by atoms with Gasteiger partial charge in [0.1, 0.15) is 0 Å². The highest BCUT2D eigenvalue weighted by atomic mass is 32.2. The summed E-state index contributed by atoms with van der Waals surface area (Å²) in [5.41, 5.74) is 1.45. The first kappa shape index (κ1) is 12.9. The Bertz CT molecular complexity index is 334. The van der Waals surface area contributed by atoms with Gasteiger partial charge in [0, 0.05) is 30.3 Å². The highest BCUT2D eigenvalue weighted by Gasteiger charge is 2.21. The van der Waals surface area contributed by atoms with Crippen molar-refractivity contribution in [3.63, 3.8) is 0 Å². The standard InChI is InChI=1S/C13H19NO2S/c1-16-9-11(15)7-14-8-12-6-10-4-2-3-5-13(10)17-12/h2-5,11-12,14-15H,6-9H2,1H3. The summed E-state index contributed by atoms with van der Waals surface area (Å²) in [6.45, 7) is 1.92.